The van der Waals surface area contributed by atoms with E-state index in [4.69, 9.17) is 4.74 Å². The molecular weight excluding hydrogens is 313 g/mol. The number of carbonyl (C=O) groups is 1. The van der Waals surface area contributed by atoms with Crippen molar-refractivity contribution in [1.82, 2.24) is 10.6 Å². The van der Waals surface area contributed by atoms with E-state index in [1.807, 2.05) is 0 Å². The molecule has 0 spiro atoms. The summed E-state index contributed by atoms with van der Waals surface area (Å²) in [7, 11) is 1.55. The summed E-state index contributed by atoms with van der Waals surface area (Å²) in [6, 6.07) is 0.436. The van der Waals surface area contributed by atoms with E-state index in [1.54, 1.807) is 7.11 Å². The summed E-state index contributed by atoms with van der Waals surface area (Å²) >= 11 is 0. The first-order chi connectivity index (χ1) is 10.9. The number of ether oxygens (including phenoxy) is 1. The number of amides is 1. The first-order valence-electron chi connectivity index (χ1n) is 7.24. The van der Waals surface area contributed by atoms with Gasteiger partial charge in [0.1, 0.15) is 0 Å². The minimum absolute atomic E-state index is 0.209. The number of aromatic hydroxyl groups is 1. The third-order valence-corrected chi connectivity index (χ3v) is 4.12. The molecular formula is C15H19F3N2O3. The summed E-state index contributed by atoms with van der Waals surface area (Å²) in [5.74, 6) is -7.09. The summed E-state index contributed by atoms with van der Waals surface area (Å²) in [5.41, 5.74) is -1.03. The molecule has 1 saturated heterocycles. The number of piperidine rings is 1. The molecule has 0 aliphatic carbocycles. The lowest BCUT2D eigenvalue weighted by molar-refractivity contribution is 0.0510. The smallest absolute Gasteiger partial charge is 0.254 e. The van der Waals surface area contributed by atoms with E-state index in [9.17, 15) is 23.1 Å². The van der Waals surface area contributed by atoms with Gasteiger partial charge in [0, 0.05) is 19.1 Å². The second-order valence-corrected chi connectivity index (χ2v) is 5.75. The van der Waals surface area contributed by atoms with Crippen LogP contribution in [0.3, 0.4) is 0 Å². The Morgan fingerprint density at radius 2 is 2.00 bits per heavy atom. The largest absolute Gasteiger partial charge is 0.503 e. The molecule has 1 fully saturated rings. The van der Waals surface area contributed by atoms with Crippen LogP contribution in [0, 0.1) is 22.9 Å². The maximum Gasteiger partial charge on any atom is 0.254 e. The van der Waals surface area contributed by atoms with Crippen LogP contribution >= 0.6 is 0 Å². The van der Waals surface area contributed by atoms with Crippen molar-refractivity contribution < 1.29 is 27.8 Å². The number of rotatable bonds is 5. The van der Waals surface area contributed by atoms with Crippen molar-refractivity contribution in [2.75, 3.05) is 33.4 Å². The van der Waals surface area contributed by atoms with Gasteiger partial charge in [0.25, 0.3) is 5.91 Å². The zero-order chi connectivity index (χ0) is 17.0. The first kappa shape index (κ1) is 17.6. The third-order valence-electron chi connectivity index (χ3n) is 4.12. The van der Waals surface area contributed by atoms with Gasteiger partial charge >= 0.3 is 0 Å². The zero-order valence-electron chi connectivity index (χ0n) is 12.7. The Labute approximate surface area is 131 Å². The molecule has 1 heterocycles. The van der Waals surface area contributed by atoms with Gasteiger partial charge in [-0.05, 0) is 32.0 Å². The van der Waals surface area contributed by atoms with Crippen LogP contribution in [0.4, 0.5) is 13.2 Å². The molecule has 0 aromatic heterocycles. The van der Waals surface area contributed by atoms with Crippen LogP contribution in [0.5, 0.6) is 5.75 Å². The molecule has 0 saturated carbocycles. The number of carbonyl (C=O) groups excluding carboxylic acids is 1. The van der Waals surface area contributed by atoms with Gasteiger partial charge in [0.2, 0.25) is 5.82 Å². The SMILES string of the molecule is COCC1(CNC(=O)c2cc(F)c(F)c(O)c2F)CCNCC1. The Morgan fingerprint density at radius 3 is 2.61 bits per heavy atom. The Morgan fingerprint density at radius 1 is 1.35 bits per heavy atom. The fourth-order valence-electron chi connectivity index (χ4n) is 2.75. The Hall–Kier alpha value is -1.80. The molecule has 1 aliphatic heterocycles. The normalized spacial score (nSPS) is 17.0. The molecule has 5 nitrogen and oxygen atoms in total. The van der Waals surface area contributed by atoms with E-state index in [2.05, 4.69) is 10.6 Å². The zero-order valence-corrected chi connectivity index (χ0v) is 12.7. The van der Waals surface area contributed by atoms with Crippen LogP contribution in [0.15, 0.2) is 6.07 Å². The highest BCUT2D eigenvalue weighted by Crippen LogP contribution is 2.29. The molecule has 1 aromatic carbocycles. The van der Waals surface area contributed by atoms with Crippen molar-refractivity contribution >= 4 is 5.91 Å². The van der Waals surface area contributed by atoms with E-state index < -0.39 is 34.7 Å². The Balaban J connectivity index is 2.13. The lowest BCUT2D eigenvalue weighted by Gasteiger charge is -2.37. The van der Waals surface area contributed by atoms with Crippen LogP contribution in [0.1, 0.15) is 23.2 Å². The van der Waals surface area contributed by atoms with Crippen molar-refractivity contribution in [3.63, 3.8) is 0 Å². The predicted molar refractivity (Wildman–Crippen MR) is 76.7 cm³/mol. The lowest BCUT2D eigenvalue weighted by atomic mass is 9.79. The lowest BCUT2D eigenvalue weighted by Crippen LogP contribution is -2.47. The second kappa shape index (κ2) is 7.18. The van der Waals surface area contributed by atoms with Crippen molar-refractivity contribution in [2.45, 2.75) is 12.8 Å². The molecule has 1 aromatic rings. The highest BCUT2D eigenvalue weighted by Gasteiger charge is 2.33. The third kappa shape index (κ3) is 3.76. The maximum atomic E-state index is 13.7. The van der Waals surface area contributed by atoms with Crippen LogP contribution in [0.25, 0.3) is 0 Å². The van der Waals surface area contributed by atoms with Gasteiger partial charge in [-0.2, -0.15) is 4.39 Å². The summed E-state index contributed by atoms with van der Waals surface area (Å²) in [5, 5.41) is 14.9. The average molecular weight is 332 g/mol. The number of halogens is 3. The van der Waals surface area contributed by atoms with E-state index in [1.165, 1.54) is 0 Å². The first-order valence-corrected chi connectivity index (χ1v) is 7.24. The second-order valence-electron chi connectivity index (χ2n) is 5.75. The highest BCUT2D eigenvalue weighted by atomic mass is 19.2. The van der Waals surface area contributed by atoms with Crippen LogP contribution in [0.2, 0.25) is 0 Å². The van der Waals surface area contributed by atoms with Crippen molar-refractivity contribution in [2.24, 2.45) is 5.41 Å². The number of phenols is 1. The summed E-state index contributed by atoms with van der Waals surface area (Å²) in [6.07, 6.45) is 1.51. The molecule has 1 amide bonds. The van der Waals surface area contributed by atoms with Crippen LogP contribution in [-0.4, -0.2) is 44.4 Å². The van der Waals surface area contributed by atoms with Crippen molar-refractivity contribution in [1.29, 1.82) is 0 Å². The number of hydrogen-bond donors (Lipinski definition) is 3. The number of benzene rings is 1. The molecule has 128 valence electrons. The Kier molecular flexibility index (Phi) is 5.48. The molecule has 1 aliphatic rings. The van der Waals surface area contributed by atoms with E-state index in [-0.39, 0.29) is 12.0 Å². The number of nitrogens with one attached hydrogen (secondary N) is 2. The van der Waals surface area contributed by atoms with Gasteiger partial charge in [0.05, 0.1) is 12.2 Å². The van der Waals surface area contributed by atoms with Gasteiger partial charge in [-0.1, -0.05) is 0 Å². The van der Waals surface area contributed by atoms with Gasteiger partial charge in [-0.15, -0.1) is 0 Å². The minimum atomic E-state index is -1.71. The van der Waals surface area contributed by atoms with Gasteiger partial charge in [-0.25, -0.2) is 8.78 Å². The highest BCUT2D eigenvalue weighted by molar-refractivity contribution is 5.95. The molecule has 3 N–H and O–H groups in total. The van der Waals surface area contributed by atoms with E-state index >= 15 is 0 Å². The topological polar surface area (TPSA) is 70.6 Å². The Bertz CT molecular complexity index is 584. The van der Waals surface area contributed by atoms with Crippen molar-refractivity contribution in [3.8, 4) is 5.75 Å². The molecule has 23 heavy (non-hydrogen) atoms. The molecule has 2 rings (SSSR count). The molecule has 0 atom stereocenters. The monoisotopic (exact) mass is 332 g/mol. The average Bonchev–Trinajstić information content (AvgIpc) is 2.55. The van der Waals surface area contributed by atoms with Gasteiger partial charge in [-0.3, -0.25) is 4.79 Å². The summed E-state index contributed by atoms with van der Waals surface area (Å²) < 4.78 is 45.3. The van der Waals surface area contributed by atoms with E-state index in [0.717, 1.165) is 25.9 Å². The predicted octanol–water partition coefficient (Wildman–Crippen LogP) is 1.56. The molecule has 0 radical (unpaired) electrons. The fraction of sp³-hybridized carbons (Fsp3) is 0.533. The van der Waals surface area contributed by atoms with Gasteiger partial charge < -0.3 is 20.5 Å². The molecule has 0 bridgehead atoms. The summed E-state index contributed by atoms with van der Waals surface area (Å²) in [4.78, 5) is 12.1. The standard InChI is InChI=1S/C15H19F3N2O3/c1-23-8-15(2-4-19-5-3-15)7-20-14(22)9-6-10(16)12(18)13(21)11(9)17/h6,19,21H,2-5,7-8H2,1H3,(H,20,22). The van der Waals surface area contributed by atoms with E-state index in [0.29, 0.717) is 12.7 Å². The van der Waals surface area contributed by atoms with Crippen molar-refractivity contribution in [3.05, 3.63) is 29.1 Å². The summed E-state index contributed by atoms with van der Waals surface area (Å²) in [6.45, 7) is 2.15. The maximum absolute atomic E-state index is 13.7. The number of methoxy groups -OCH3 is 1. The number of hydrogen-bond acceptors (Lipinski definition) is 4. The quantitative estimate of drug-likeness (QED) is 0.716. The molecule has 0 unspecified atom stereocenters. The minimum Gasteiger partial charge on any atom is -0.503 e. The van der Waals surface area contributed by atoms with Crippen LogP contribution in [-0.2, 0) is 4.74 Å². The van der Waals surface area contributed by atoms with Gasteiger partial charge in [0.15, 0.2) is 17.4 Å². The molecule has 8 heteroatoms. The fourth-order valence-corrected chi connectivity index (χ4v) is 2.75. The van der Waals surface area contributed by atoms with Crippen LogP contribution < -0.4 is 10.6 Å². The number of phenolic OH excluding ortho intramolecular Hbond substituents is 1.